The summed E-state index contributed by atoms with van der Waals surface area (Å²) in [4.78, 5) is 23.6. The van der Waals surface area contributed by atoms with Crippen LogP contribution >= 0.6 is 0 Å². The van der Waals surface area contributed by atoms with Crippen LogP contribution in [-0.2, 0) is 14.8 Å². The molecule has 1 heterocycles. The molecule has 1 fully saturated rings. The first-order chi connectivity index (χ1) is 8.70. The topological polar surface area (TPSA) is 136 Å². The van der Waals surface area contributed by atoms with E-state index in [-0.39, 0.29) is 26.1 Å². The lowest BCUT2D eigenvalue weighted by atomic mass is 10.2. The van der Waals surface area contributed by atoms with Crippen LogP contribution in [0, 0.1) is 0 Å². The molecule has 1 rings (SSSR count). The number of amides is 2. The first-order valence-corrected chi connectivity index (χ1v) is 7.50. The summed E-state index contributed by atoms with van der Waals surface area (Å²) in [5, 5.41) is 20.7. The van der Waals surface area contributed by atoms with Gasteiger partial charge in [0.15, 0.2) is 0 Å². The fraction of sp³-hybridized carbons (Fsp3) is 0.778. The van der Waals surface area contributed by atoms with Crippen LogP contribution in [0.1, 0.15) is 6.42 Å². The van der Waals surface area contributed by atoms with Crippen LogP contribution in [-0.4, -0.2) is 73.6 Å². The van der Waals surface area contributed by atoms with Gasteiger partial charge in [0.05, 0.1) is 12.4 Å². The molecule has 0 radical (unpaired) electrons. The number of nitrogens with zero attached hydrogens (tertiary/aromatic N) is 1. The molecular weight excluding hydrogens is 278 g/mol. The summed E-state index contributed by atoms with van der Waals surface area (Å²) in [6.07, 6.45) is 0.122. The van der Waals surface area contributed by atoms with Crippen molar-refractivity contribution in [3.8, 4) is 0 Å². The maximum Gasteiger partial charge on any atom is 0.326 e. The summed E-state index contributed by atoms with van der Waals surface area (Å²) in [7, 11) is -3.32. The number of nitrogens with one attached hydrogen (secondary N) is 2. The second kappa shape index (κ2) is 6.17. The quantitative estimate of drug-likeness (QED) is 0.424. The molecule has 2 unspecified atom stereocenters. The van der Waals surface area contributed by atoms with Gasteiger partial charge in [-0.2, -0.15) is 0 Å². The van der Waals surface area contributed by atoms with Crippen molar-refractivity contribution in [1.29, 1.82) is 0 Å². The van der Waals surface area contributed by atoms with Gasteiger partial charge in [-0.1, -0.05) is 0 Å². The second-order valence-corrected chi connectivity index (χ2v) is 6.13. The smallest absolute Gasteiger partial charge is 0.326 e. The molecule has 110 valence electrons. The second-order valence-electron chi connectivity index (χ2n) is 4.29. The number of carboxylic acid groups (broad SMARTS) is 1. The van der Waals surface area contributed by atoms with Crippen LogP contribution in [0.4, 0.5) is 4.79 Å². The minimum atomic E-state index is -3.32. The van der Waals surface area contributed by atoms with Gasteiger partial charge in [0.25, 0.3) is 0 Å². The number of aliphatic hydroxyl groups is 1. The van der Waals surface area contributed by atoms with Crippen molar-refractivity contribution in [2.45, 2.75) is 18.6 Å². The van der Waals surface area contributed by atoms with Gasteiger partial charge in [-0.15, -0.1) is 0 Å². The summed E-state index contributed by atoms with van der Waals surface area (Å²) >= 11 is 0. The molecule has 1 saturated heterocycles. The Morgan fingerprint density at radius 2 is 2.00 bits per heavy atom. The number of carboxylic acids is 1. The maximum atomic E-state index is 11.7. The van der Waals surface area contributed by atoms with Crippen molar-refractivity contribution >= 4 is 22.0 Å². The average Bonchev–Trinajstić information content (AvgIpc) is 2.65. The van der Waals surface area contributed by atoms with Crippen molar-refractivity contribution in [3.63, 3.8) is 0 Å². The van der Waals surface area contributed by atoms with E-state index in [9.17, 15) is 23.1 Å². The van der Waals surface area contributed by atoms with Crippen molar-refractivity contribution in [2.75, 3.05) is 25.9 Å². The van der Waals surface area contributed by atoms with Gasteiger partial charge in [0.1, 0.15) is 6.04 Å². The monoisotopic (exact) mass is 295 g/mol. The van der Waals surface area contributed by atoms with Crippen molar-refractivity contribution in [2.24, 2.45) is 0 Å². The Kier molecular flexibility index (Phi) is 5.09. The lowest BCUT2D eigenvalue weighted by Crippen LogP contribution is -2.47. The Bertz CT molecular complexity index is 451. The molecule has 0 aromatic rings. The zero-order valence-corrected chi connectivity index (χ0v) is 11.2. The fourth-order valence-electron chi connectivity index (χ4n) is 1.78. The van der Waals surface area contributed by atoms with Crippen LogP contribution in [0.3, 0.4) is 0 Å². The molecule has 0 saturated carbocycles. The molecular formula is C9H17N3O6S. The molecule has 2 amide bonds. The number of β-amino-alcohol motifs (C(OH)–C–C–N with tert-alkyl or cyclic N) is 1. The molecule has 0 bridgehead atoms. The summed E-state index contributed by atoms with van der Waals surface area (Å²) in [6, 6.07) is -1.70. The van der Waals surface area contributed by atoms with Gasteiger partial charge >= 0.3 is 12.0 Å². The summed E-state index contributed by atoms with van der Waals surface area (Å²) < 4.78 is 23.7. The third kappa shape index (κ3) is 5.01. The minimum Gasteiger partial charge on any atom is -0.480 e. The van der Waals surface area contributed by atoms with Gasteiger partial charge in [0, 0.05) is 26.1 Å². The third-order valence-electron chi connectivity index (χ3n) is 2.59. The minimum absolute atomic E-state index is 0.00958. The average molecular weight is 295 g/mol. The zero-order valence-electron chi connectivity index (χ0n) is 10.4. The van der Waals surface area contributed by atoms with E-state index >= 15 is 0 Å². The number of carbonyl (C=O) groups excluding carboxylic acids is 1. The largest absolute Gasteiger partial charge is 0.480 e. The first-order valence-electron chi connectivity index (χ1n) is 5.60. The maximum absolute atomic E-state index is 11.7. The van der Waals surface area contributed by atoms with E-state index in [2.05, 4.69) is 10.0 Å². The number of aliphatic hydroxyl groups excluding tert-OH is 1. The molecule has 2 atom stereocenters. The molecule has 10 heteroatoms. The molecule has 4 N–H and O–H groups in total. The highest BCUT2D eigenvalue weighted by Gasteiger charge is 2.38. The van der Waals surface area contributed by atoms with Gasteiger partial charge < -0.3 is 20.4 Å². The van der Waals surface area contributed by atoms with Crippen LogP contribution in [0.5, 0.6) is 0 Å². The molecule has 1 aliphatic heterocycles. The first kappa shape index (κ1) is 15.7. The Morgan fingerprint density at radius 1 is 1.37 bits per heavy atom. The Morgan fingerprint density at radius 3 is 2.53 bits per heavy atom. The van der Waals surface area contributed by atoms with Gasteiger partial charge in [-0.25, -0.2) is 22.7 Å². The molecule has 0 aliphatic carbocycles. The number of carbonyl (C=O) groups is 2. The van der Waals surface area contributed by atoms with E-state index in [1.807, 2.05) is 0 Å². The predicted octanol–water partition coefficient (Wildman–Crippen LogP) is -2.23. The number of rotatable bonds is 5. The summed E-state index contributed by atoms with van der Waals surface area (Å²) in [6.45, 7) is -0.00809. The summed E-state index contributed by atoms with van der Waals surface area (Å²) in [5.41, 5.74) is 0. The third-order valence-corrected chi connectivity index (χ3v) is 3.32. The molecule has 19 heavy (non-hydrogen) atoms. The molecule has 0 aromatic heterocycles. The SMILES string of the molecule is CS(=O)(=O)NCCNC(=O)N1CC(O)CC1C(=O)O. The highest BCUT2D eigenvalue weighted by Crippen LogP contribution is 2.17. The van der Waals surface area contributed by atoms with Gasteiger partial charge in [-0.3, -0.25) is 0 Å². The zero-order chi connectivity index (χ0) is 14.6. The number of aliphatic carboxylic acids is 1. The number of hydrogen-bond donors (Lipinski definition) is 4. The number of likely N-dealkylation sites (tertiary alicyclic amines) is 1. The van der Waals surface area contributed by atoms with E-state index in [0.717, 1.165) is 11.2 Å². The van der Waals surface area contributed by atoms with E-state index < -0.39 is 34.2 Å². The summed E-state index contributed by atoms with van der Waals surface area (Å²) in [5.74, 6) is -1.18. The van der Waals surface area contributed by atoms with Crippen molar-refractivity contribution < 1.29 is 28.2 Å². The van der Waals surface area contributed by atoms with Crippen LogP contribution in [0.2, 0.25) is 0 Å². The Labute approximate surface area is 110 Å². The normalized spacial score (nSPS) is 23.4. The molecule has 0 aromatic carbocycles. The van der Waals surface area contributed by atoms with E-state index in [1.165, 1.54) is 0 Å². The lowest BCUT2D eigenvalue weighted by Gasteiger charge is -2.21. The van der Waals surface area contributed by atoms with Crippen LogP contribution in [0.25, 0.3) is 0 Å². The highest BCUT2D eigenvalue weighted by molar-refractivity contribution is 7.88. The van der Waals surface area contributed by atoms with Crippen LogP contribution < -0.4 is 10.0 Å². The van der Waals surface area contributed by atoms with Crippen LogP contribution in [0.15, 0.2) is 0 Å². The Hall–Kier alpha value is -1.39. The highest BCUT2D eigenvalue weighted by atomic mass is 32.2. The standard InChI is InChI=1S/C9H17N3O6S/c1-19(17,18)11-3-2-10-9(16)12-5-6(13)4-7(12)8(14)15/h6-7,11,13H,2-5H2,1H3,(H,10,16)(H,14,15). The van der Waals surface area contributed by atoms with E-state index in [1.54, 1.807) is 0 Å². The number of sulfonamides is 1. The van der Waals surface area contributed by atoms with Gasteiger partial charge in [-0.05, 0) is 0 Å². The fourth-order valence-corrected chi connectivity index (χ4v) is 2.25. The molecule has 1 aliphatic rings. The van der Waals surface area contributed by atoms with Gasteiger partial charge in [0.2, 0.25) is 10.0 Å². The van der Waals surface area contributed by atoms with E-state index in [0.29, 0.717) is 0 Å². The van der Waals surface area contributed by atoms with Crippen molar-refractivity contribution in [3.05, 3.63) is 0 Å². The predicted molar refractivity (Wildman–Crippen MR) is 65.0 cm³/mol. The lowest BCUT2D eigenvalue weighted by molar-refractivity contribution is -0.141. The number of hydrogen-bond acceptors (Lipinski definition) is 5. The Balaban J connectivity index is 2.42. The molecule has 9 nitrogen and oxygen atoms in total. The number of urea groups is 1. The van der Waals surface area contributed by atoms with Crippen molar-refractivity contribution in [1.82, 2.24) is 14.9 Å². The van der Waals surface area contributed by atoms with E-state index in [4.69, 9.17) is 5.11 Å². The molecule has 0 spiro atoms.